The van der Waals surface area contributed by atoms with Crippen LogP contribution in [0.15, 0.2) is 53.5 Å². The number of rotatable bonds is 7. The average Bonchev–Trinajstić information content (AvgIpc) is 2.70. The predicted molar refractivity (Wildman–Crippen MR) is 128 cm³/mol. The monoisotopic (exact) mass is 494 g/mol. The number of nitrogens with one attached hydrogen (secondary N) is 2. The summed E-state index contributed by atoms with van der Waals surface area (Å²) >= 11 is 0. The Kier molecular flexibility index (Phi) is 10.6. The number of nitrogens with zero attached hydrogens (tertiary/aromatic N) is 2. The van der Waals surface area contributed by atoms with Crippen molar-refractivity contribution in [3.05, 3.63) is 70.8 Å². The molecule has 0 heterocycles. The lowest BCUT2D eigenvalue weighted by atomic mass is 10.1. The summed E-state index contributed by atoms with van der Waals surface area (Å²) < 4.78 is 0. The van der Waals surface area contributed by atoms with Gasteiger partial charge in [-0.3, -0.25) is 9.79 Å². The van der Waals surface area contributed by atoms with E-state index in [1.807, 2.05) is 24.3 Å². The summed E-state index contributed by atoms with van der Waals surface area (Å²) in [7, 11) is 5.28. The van der Waals surface area contributed by atoms with E-state index in [4.69, 9.17) is 0 Å². The van der Waals surface area contributed by atoms with Gasteiger partial charge in [0.05, 0.1) is 0 Å². The van der Waals surface area contributed by atoms with Crippen LogP contribution in [0, 0.1) is 0 Å². The van der Waals surface area contributed by atoms with Crippen LogP contribution in [0.4, 0.5) is 0 Å². The van der Waals surface area contributed by atoms with Crippen LogP contribution in [0.3, 0.4) is 0 Å². The number of halogens is 1. The number of hydrogen-bond donors (Lipinski definition) is 2. The van der Waals surface area contributed by atoms with Crippen LogP contribution in [0.25, 0.3) is 0 Å². The van der Waals surface area contributed by atoms with Gasteiger partial charge in [0.2, 0.25) is 0 Å². The Balaban J connectivity index is 0.00000392. The molecule has 1 amide bonds. The summed E-state index contributed by atoms with van der Waals surface area (Å²) in [6.07, 6.45) is 2.02. The molecule has 2 aromatic carbocycles. The van der Waals surface area contributed by atoms with Gasteiger partial charge in [0, 0.05) is 39.8 Å². The maximum Gasteiger partial charge on any atom is 0.253 e. The van der Waals surface area contributed by atoms with Crippen molar-refractivity contribution >= 4 is 35.8 Å². The number of aryl methyl sites for hydroxylation is 1. The lowest BCUT2D eigenvalue weighted by molar-refractivity contribution is 0.0827. The van der Waals surface area contributed by atoms with Crippen LogP contribution < -0.4 is 10.6 Å². The Hall–Kier alpha value is -2.09. The zero-order valence-electron chi connectivity index (χ0n) is 17.2. The highest BCUT2D eigenvalue weighted by Gasteiger charge is 2.07. The predicted octanol–water partition coefficient (Wildman–Crippen LogP) is 3.48. The molecule has 0 saturated carbocycles. The molecule has 0 unspecified atom stereocenters. The fourth-order valence-corrected chi connectivity index (χ4v) is 2.70. The number of carbonyl (C=O) groups is 1. The van der Waals surface area contributed by atoms with Crippen molar-refractivity contribution < 1.29 is 4.79 Å². The van der Waals surface area contributed by atoms with E-state index in [9.17, 15) is 4.79 Å². The Bertz CT molecular complexity index is 755. The third-order valence-corrected chi connectivity index (χ3v) is 4.43. The largest absolute Gasteiger partial charge is 0.356 e. The minimum Gasteiger partial charge on any atom is -0.356 e. The van der Waals surface area contributed by atoms with Gasteiger partial charge in [-0.15, -0.1) is 24.0 Å². The number of aliphatic imine (C=N–C) groups is 1. The molecule has 0 aliphatic carbocycles. The Morgan fingerprint density at radius 2 is 1.50 bits per heavy atom. The maximum absolute atomic E-state index is 11.9. The van der Waals surface area contributed by atoms with Gasteiger partial charge in [0.1, 0.15) is 0 Å². The molecule has 0 aromatic heterocycles. The molecule has 28 heavy (non-hydrogen) atoms. The number of guanidine groups is 1. The lowest BCUT2D eigenvalue weighted by Gasteiger charge is -2.13. The first kappa shape index (κ1) is 23.9. The first-order valence-corrected chi connectivity index (χ1v) is 9.36. The van der Waals surface area contributed by atoms with E-state index < -0.39 is 0 Å². The van der Waals surface area contributed by atoms with Crippen LogP contribution >= 0.6 is 24.0 Å². The second kappa shape index (κ2) is 12.4. The van der Waals surface area contributed by atoms with Gasteiger partial charge < -0.3 is 15.5 Å². The van der Waals surface area contributed by atoms with Crippen molar-refractivity contribution in [3.8, 4) is 0 Å². The second-order valence-corrected chi connectivity index (χ2v) is 6.67. The van der Waals surface area contributed by atoms with E-state index >= 15 is 0 Å². The molecule has 0 radical (unpaired) electrons. The molecule has 0 aliphatic heterocycles. The molecule has 0 atom stereocenters. The van der Waals surface area contributed by atoms with Crippen LogP contribution in [0.1, 0.15) is 34.0 Å². The molecule has 152 valence electrons. The first-order chi connectivity index (χ1) is 13.0. The maximum atomic E-state index is 11.9. The Morgan fingerprint density at radius 1 is 0.929 bits per heavy atom. The van der Waals surface area contributed by atoms with Crippen molar-refractivity contribution in [1.29, 1.82) is 0 Å². The van der Waals surface area contributed by atoms with E-state index in [2.05, 4.69) is 46.8 Å². The highest BCUT2D eigenvalue weighted by Crippen LogP contribution is 2.07. The van der Waals surface area contributed by atoms with Gasteiger partial charge >= 0.3 is 0 Å². The number of amides is 1. The van der Waals surface area contributed by atoms with Crippen molar-refractivity contribution in [2.45, 2.75) is 26.3 Å². The van der Waals surface area contributed by atoms with E-state index in [1.54, 1.807) is 26.0 Å². The highest BCUT2D eigenvalue weighted by molar-refractivity contribution is 14.0. The zero-order chi connectivity index (χ0) is 19.6. The van der Waals surface area contributed by atoms with Crippen molar-refractivity contribution in [1.82, 2.24) is 15.5 Å². The molecular weight excluding hydrogens is 463 g/mol. The molecule has 2 rings (SSSR count). The van der Waals surface area contributed by atoms with Gasteiger partial charge in [-0.05, 0) is 41.7 Å². The fourth-order valence-electron chi connectivity index (χ4n) is 2.70. The van der Waals surface area contributed by atoms with Gasteiger partial charge in [0.15, 0.2) is 5.96 Å². The molecule has 0 fully saturated rings. The normalized spacial score (nSPS) is 10.8. The summed E-state index contributed by atoms with van der Waals surface area (Å²) in [5.74, 6) is 0.785. The number of hydrogen-bond acceptors (Lipinski definition) is 2. The minimum atomic E-state index is 0. The Morgan fingerprint density at radius 3 is 2.04 bits per heavy atom. The molecule has 0 spiro atoms. The SMILES string of the molecule is CCc1ccc(CCNC(=NC)NCc2ccc(C(=O)N(C)C)cc2)cc1.I. The minimum absolute atomic E-state index is 0. The van der Waals surface area contributed by atoms with Gasteiger partial charge in [-0.2, -0.15) is 0 Å². The Labute approximate surface area is 185 Å². The summed E-state index contributed by atoms with van der Waals surface area (Å²) in [6, 6.07) is 16.4. The summed E-state index contributed by atoms with van der Waals surface area (Å²) in [6.45, 7) is 3.64. The van der Waals surface area contributed by atoms with Crippen molar-refractivity contribution in [3.63, 3.8) is 0 Å². The average molecular weight is 494 g/mol. The van der Waals surface area contributed by atoms with Gasteiger partial charge in [0.25, 0.3) is 5.91 Å². The molecular formula is C22H31IN4O. The quantitative estimate of drug-likeness (QED) is 0.352. The van der Waals surface area contributed by atoms with E-state index in [0.717, 1.165) is 30.9 Å². The highest BCUT2D eigenvalue weighted by atomic mass is 127. The van der Waals surface area contributed by atoms with Crippen LogP contribution in [0.2, 0.25) is 0 Å². The summed E-state index contributed by atoms with van der Waals surface area (Å²) in [5, 5.41) is 6.64. The van der Waals surface area contributed by atoms with Crippen LogP contribution in [0.5, 0.6) is 0 Å². The topological polar surface area (TPSA) is 56.7 Å². The summed E-state index contributed by atoms with van der Waals surface area (Å²) in [4.78, 5) is 17.8. The molecule has 2 aromatic rings. The van der Waals surface area contributed by atoms with E-state index in [1.165, 1.54) is 11.1 Å². The third-order valence-electron chi connectivity index (χ3n) is 4.43. The molecule has 2 N–H and O–H groups in total. The molecule has 0 aliphatic rings. The molecule has 5 nitrogen and oxygen atoms in total. The molecule has 0 bridgehead atoms. The van der Waals surface area contributed by atoms with Crippen molar-refractivity contribution in [2.75, 3.05) is 27.7 Å². The van der Waals surface area contributed by atoms with E-state index in [0.29, 0.717) is 12.1 Å². The first-order valence-electron chi connectivity index (χ1n) is 9.36. The second-order valence-electron chi connectivity index (χ2n) is 6.67. The van der Waals surface area contributed by atoms with E-state index in [-0.39, 0.29) is 29.9 Å². The van der Waals surface area contributed by atoms with Crippen molar-refractivity contribution in [2.24, 2.45) is 4.99 Å². The van der Waals surface area contributed by atoms with Crippen LogP contribution in [-0.4, -0.2) is 44.5 Å². The molecule has 6 heteroatoms. The smallest absolute Gasteiger partial charge is 0.253 e. The number of benzene rings is 2. The van der Waals surface area contributed by atoms with Gasteiger partial charge in [-0.1, -0.05) is 43.3 Å². The van der Waals surface area contributed by atoms with Gasteiger partial charge in [-0.25, -0.2) is 0 Å². The molecule has 0 saturated heterocycles. The fraction of sp³-hybridized carbons (Fsp3) is 0.364. The van der Waals surface area contributed by atoms with Crippen LogP contribution in [-0.2, 0) is 19.4 Å². The zero-order valence-corrected chi connectivity index (χ0v) is 19.5. The lowest BCUT2D eigenvalue weighted by Crippen LogP contribution is -2.37. The number of carbonyl (C=O) groups excluding carboxylic acids is 1. The standard InChI is InChI=1S/C22H30N4O.HI/c1-5-17-6-8-18(9-7-17)14-15-24-22(23-2)25-16-19-10-12-20(13-11-19)21(27)26(3)4;/h6-13H,5,14-16H2,1-4H3,(H2,23,24,25);1H. The third kappa shape index (κ3) is 7.50. The summed E-state index contributed by atoms with van der Waals surface area (Å²) in [5.41, 5.74) is 4.47.